The molecule has 0 aliphatic heterocycles. The van der Waals surface area contributed by atoms with Gasteiger partial charge >= 0.3 is 0 Å². The fraction of sp³-hybridized carbons (Fsp3) is 0.167. The van der Waals surface area contributed by atoms with E-state index in [0.717, 1.165) is 15.6 Å². The summed E-state index contributed by atoms with van der Waals surface area (Å²) in [6.07, 6.45) is 4.99. The molecule has 0 radical (unpaired) electrons. The average molecular weight is 278 g/mol. The van der Waals surface area contributed by atoms with Crippen LogP contribution in [0.4, 0.5) is 0 Å². The molecule has 2 N–H and O–H groups in total. The lowest BCUT2D eigenvalue weighted by molar-refractivity contribution is 0.596. The number of aromatic nitrogens is 2. The maximum atomic E-state index is 6.31. The van der Waals surface area contributed by atoms with Crippen molar-refractivity contribution in [3.63, 3.8) is 0 Å². The van der Waals surface area contributed by atoms with E-state index in [4.69, 9.17) is 5.73 Å². The van der Waals surface area contributed by atoms with Gasteiger partial charge in [-0.15, -0.1) is 0 Å². The second-order valence-electron chi connectivity index (χ2n) is 3.84. The topological polar surface area (TPSA) is 51.8 Å². The minimum atomic E-state index is -0.567. The van der Waals surface area contributed by atoms with Crippen molar-refractivity contribution >= 4 is 15.9 Å². The molecule has 1 atom stereocenters. The first-order valence-electron chi connectivity index (χ1n) is 4.91. The van der Waals surface area contributed by atoms with Crippen molar-refractivity contribution in [3.05, 3.63) is 58.6 Å². The number of nitrogens with zero attached hydrogens (tertiary/aromatic N) is 2. The summed E-state index contributed by atoms with van der Waals surface area (Å²) in [5.41, 5.74) is 7.68. The molecular weight excluding hydrogens is 266 g/mol. The van der Waals surface area contributed by atoms with Crippen LogP contribution >= 0.6 is 15.9 Å². The van der Waals surface area contributed by atoms with E-state index >= 15 is 0 Å². The molecule has 0 fully saturated rings. The van der Waals surface area contributed by atoms with Crippen LogP contribution in [-0.4, -0.2) is 9.97 Å². The van der Waals surface area contributed by atoms with Crippen LogP contribution < -0.4 is 5.73 Å². The molecule has 3 nitrogen and oxygen atoms in total. The summed E-state index contributed by atoms with van der Waals surface area (Å²) in [5, 5.41) is 0. The summed E-state index contributed by atoms with van der Waals surface area (Å²) < 4.78 is 1.04. The number of rotatable bonds is 2. The normalized spacial score (nSPS) is 14.4. The Morgan fingerprint density at radius 2 is 1.62 bits per heavy atom. The molecule has 2 rings (SSSR count). The highest BCUT2D eigenvalue weighted by Gasteiger charge is 2.23. The molecule has 0 aliphatic rings. The lowest BCUT2D eigenvalue weighted by atomic mass is 9.87. The van der Waals surface area contributed by atoms with Crippen LogP contribution in [0.15, 0.2) is 47.5 Å². The van der Waals surface area contributed by atoms with Gasteiger partial charge in [-0.3, -0.25) is 0 Å². The van der Waals surface area contributed by atoms with Gasteiger partial charge in [0.05, 0.1) is 5.54 Å². The third-order valence-corrected chi connectivity index (χ3v) is 3.13. The minimum Gasteiger partial charge on any atom is -0.318 e. The van der Waals surface area contributed by atoms with Crippen LogP contribution in [0.5, 0.6) is 0 Å². The summed E-state index contributed by atoms with van der Waals surface area (Å²) >= 11 is 3.40. The second-order valence-corrected chi connectivity index (χ2v) is 4.75. The Labute approximate surface area is 103 Å². The van der Waals surface area contributed by atoms with Crippen LogP contribution in [0.3, 0.4) is 0 Å². The summed E-state index contributed by atoms with van der Waals surface area (Å²) in [7, 11) is 0. The molecule has 16 heavy (non-hydrogen) atoms. The quantitative estimate of drug-likeness (QED) is 0.918. The Bertz CT molecular complexity index is 465. The maximum Gasteiger partial charge on any atom is 0.115 e. The van der Waals surface area contributed by atoms with Gasteiger partial charge in [0.25, 0.3) is 0 Å². The molecule has 82 valence electrons. The van der Waals surface area contributed by atoms with Crippen molar-refractivity contribution in [3.8, 4) is 0 Å². The smallest absolute Gasteiger partial charge is 0.115 e. The fourth-order valence-electron chi connectivity index (χ4n) is 1.53. The first-order valence-corrected chi connectivity index (χ1v) is 5.70. The summed E-state index contributed by atoms with van der Waals surface area (Å²) in [5.74, 6) is 0. The van der Waals surface area contributed by atoms with Gasteiger partial charge in [-0.05, 0) is 24.6 Å². The predicted octanol–water partition coefficient (Wildman–Crippen LogP) is 2.46. The number of halogens is 1. The van der Waals surface area contributed by atoms with E-state index in [-0.39, 0.29) is 0 Å². The predicted molar refractivity (Wildman–Crippen MR) is 66.8 cm³/mol. The lowest BCUT2D eigenvalue weighted by Gasteiger charge is -2.25. The summed E-state index contributed by atoms with van der Waals surface area (Å²) in [6, 6.07) is 7.95. The van der Waals surface area contributed by atoms with E-state index in [1.165, 1.54) is 6.33 Å². The minimum absolute atomic E-state index is 0.567. The molecule has 2 aromatic rings. The zero-order valence-corrected chi connectivity index (χ0v) is 10.5. The lowest BCUT2D eigenvalue weighted by Crippen LogP contribution is -2.34. The van der Waals surface area contributed by atoms with Gasteiger partial charge < -0.3 is 5.73 Å². The van der Waals surface area contributed by atoms with E-state index in [1.807, 2.05) is 31.2 Å². The number of nitrogens with two attached hydrogens (primary N) is 1. The van der Waals surface area contributed by atoms with Crippen molar-refractivity contribution in [1.29, 1.82) is 0 Å². The Hall–Kier alpha value is -1.26. The zero-order valence-electron chi connectivity index (χ0n) is 8.89. The molecule has 1 unspecified atom stereocenters. The molecule has 0 aliphatic carbocycles. The van der Waals surface area contributed by atoms with E-state index in [2.05, 4.69) is 25.9 Å². The van der Waals surface area contributed by atoms with Crippen LogP contribution in [0.25, 0.3) is 0 Å². The number of benzene rings is 1. The second kappa shape index (κ2) is 4.31. The maximum absolute atomic E-state index is 6.31. The molecule has 0 amide bonds. The Morgan fingerprint density at radius 1 is 1.06 bits per heavy atom. The first kappa shape index (κ1) is 11.2. The third kappa shape index (κ3) is 2.13. The van der Waals surface area contributed by atoms with Gasteiger partial charge in [0.1, 0.15) is 6.33 Å². The highest BCUT2D eigenvalue weighted by atomic mass is 79.9. The standard InChI is InChI=1S/C12H12BrN3/c1-12(14,10-6-15-8-16-7-10)9-2-4-11(13)5-3-9/h2-8H,14H2,1H3. The number of hydrogen-bond donors (Lipinski definition) is 1. The van der Waals surface area contributed by atoms with Crippen LogP contribution in [-0.2, 0) is 5.54 Å². The summed E-state index contributed by atoms with van der Waals surface area (Å²) in [4.78, 5) is 7.99. The molecule has 0 saturated heterocycles. The van der Waals surface area contributed by atoms with Gasteiger partial charge in [-0.25, -0.2) is 9.97 Å². The molecule has 0 spiro atoms. The van der Waals surface area contributed by atoms with Crippen molar-refractivity contribution in [2.75, 3.05) is 0 Å². The Kier molecular flexibility index (Phi) is 3.03. The van der Waals surface area contributed by atoms with Gasteiger partial charge in [0.2, 0.25) is 0 Å². The zero-order chi connectivity index (χ0) is 11.6. The van der Waals surface area contributed by atoms with Gasteiger partial charge in [0.15, 0.2) is 0 Å². The highest BCUT2D eigenvalue weighted by Crippen LogP contribution is 2.26. The van der Waals surface area contributed by atoms with Crippen LogP contribution in [0.1, 0.15) is 18.1 Å². The van der Waals surface area contributed by atoms with Gasteiger partial charge in [0, 0.05) is 22.4 Å². The molecular formula is C12H12BrN3. The molecule has 4 heteroatoms. The largest absolute Gasteiger partial charge is 0.318 e. The SMILES string of the molecule is CC(N)(c1ccc(Br)cc1)c1cncnc1. The monoisotopic (exact) mass is 277 g/mol. The van der Waals surface area contributed by atoms with Crippen molar-refractivity contribution in [2.45, 2.75) is 12.5 Å². The van der Waals surface area contributed by atoms with E-state index in [9.17, 15) is 0 Å². The van der Waals surface area contributed by atoms with Gasteiger partial charge in [-0.2, -0.15) is 0 Å². The van der Waals surface area contributed by atoms with E-state index in [0.29, 0.717) is 0 Å². The Morgan fingerprint density at radius 3 is 2.19 bits per heavy atom. The molecule has 1 aromatic carbocycles. The van der Waals surface area contributed by atoms with Crippen LogP contribution in [0.2, 0.25) is 0 Å². The van der Waals surface area contributed by atoms with E-state index in [1.54, 1.807) is 12.4 Å². The fourth-order valence-corrected chi connectivity index (χ4v) is 1.79. The Balaban J connectivity index is 2.43. The molecule has 1 aromatic heterocycles. The van der Waals surface area contributed by atoms with E-state index < -0.39 is 5.54 Å². The molecule has 1 heterocycles. The van der Waals surface area contributed by atoms with Gasteiger partial charge in [-0.1, -0.05) is 28.1 Å². The van der Waals surface area contributed by atoms with Crippen molar-refractivity contribution in [2.24, 2.45) is 5.73 Å². The van der Waals surface area contributed by atoms with Crippen LogP contribution in [0, 0.1) is 0 Å². The average Bonchev–Trinajstić information content (AvgIpc) is 2.31. The molecule has 0 saturated carbocycles. The molecule has 0 bridgehead atoms. The van der Waals surface area contributed by atoms with Crippen molar-refractivity contribution < 1.29 is 0 Å². The first-order chi connectivity index (χ1) is 7.60. The number of hydrogen-bond acceptors (Lipinski definition) is 3. The van der Waals surface area contributed by atoms with Crippen molar-refractivity contribution in [1.82, 2.24) is 9.97 Å². The highest BCUT2D eigenvalue weighted by molar-refractivity contribution is 9.10. The third-order valence-electron chi connectivity index (χ3n) is 2.60. The summed E-state index contributed by atoms with van der Waals surface area (Å²) in [6.45, 7) is 1.95.